The normalized spacial score (nSPS) is 9.93. The van der Waals surface area contributed by atoms with Crippen LogP contribution in [0.25, 0.3) is 0 Å². The number of rotatable bonds is 3. The van der Waals surface area contributed by atoms with Crippen molar-refractivity contribution >= 4 is 5.82 Å². The first-order chi connectivity index (χ1) is 7.36. The van der Waals surface area contributed by atoms with Gasteiger partial charge < -0.3 is 5.32 Å². The van der Waals surface area contributed by atoms with Gasteiger partial charge in [-0.3, -0.25) is 0 Å². The Kier molecular flexibility index (Phi) is 2.93. The highest BCUT2D eigenvalue weighted by Gasteiger charge is 1.97. The van der Waals surface area contributed by atoms with Gasteiger partial charge in [-0.25, -0.2) is 0 Å². The van der Waals surface area contributed by atoms with Crippen LogP contribution in [0.3, 0.4) is 0 Å². The smallest absolute Gasteiger partial charge is 0.148 e. The molecule has 2 rings (SSSR count). The predicted octanol–water partition coefficient (Wildman–Crippen LogP) is 2.40. The fourth-order valence-corrected chi connectivity index (χ4v) is 1.39. The third-order valence-electron chi connectivity index (χ3n) is 2.29. The minimum absolute atomic E-state index is 0.783. The molecule has 0 spiro atoms. The van der Waals surface area contributed by atoms with E-state index in [1.54, 1.807) is 6.20 Å². The van der Waals surface area contributed by atoms with Crippen molar-refractivity contribution < 1.29 is 0 Å². The van der Waals surface area contributed by atoms with Crippen molar-refractivity contribution in [3.05, 3.63) is 53.7 Å². The van der Waals surface area contributed by atoms with E-state index in [4.69, 9.17) is 0 Å². The summed E-state index contributed by atoms with van der Waals surface area (Å²) >= 11 is 0. The number of aryl methyl sites for hydroxylation is 1. The van der Waals surface area contributed by atoms with Crippen molar-refractivity contribution in [1.29, 1.82) is 0 Å². The van der Waals surface area contributed by atoms with Gasteiger partial charge in [0.05, 0.1) is 0 Å². The topological polar surface area (TPSA) is 37.8 Å². The summed E-state index contributed by atoms with van der Waals surface area (Å²) in [6.07, 6.45) is 1.67. The van der Waals surface area contributed by atoms with E-state index in [0.717, 1.165) is 12.4 Å². The first kappa shape index (κ1) is 9.65. The number of aromatic nitrogens is 2. The number of benzene rings is 1. The van der Waals surface area contributed by atoms with E-state index < -0.39 is 0 Å². The molecule has 1 heterocycles. The summed E-state index contributed by atoms with van der Waals surface area (Å²) in [5.41, 5.74) is 2.57. The molecule has 0 radical (unpaired) electrons. The SMILES string of the molecule is Cc1ccccc1CNc1cccnn1. The summed E-state index contributed by atoms with van der Waals surface area (Å²) in [7, 11) is 0. The van der Waals surface area contributed by atoms with E-state index in [1.807, 2.05) is 24.3 Å². The zero-order valence-electron chi connectivity index (χ0n) is 8.64. The second-order valence-electron chi connectivity index (χ2n) is 3.39. The van der Waals surface area contributed by atoms with Gasteiger partial charge in [0.15, 0.2) is 0 Å². The maximum absolute atomic E-state index is 3.96. The minimum Gasteiger partial charge on any atom is -0.364 e. The van der Waals surface area contributed by atoms with E-state index in [-0.39, 0.29) is 0 Å². The molecular weight excluding hydrogens is 186 g/mol. The van der Waals surface area contributed by atoms with Gasteiger partial charge in [-0.15, -0.1) is 5.10 Å². The summed E-state index contributed by atoms with van der Waals surface area (Å²) in [6.45, 7) is 2.89. The molecule has 0 amide bonds. The van der Waals surface area contributed by atoms with Crippen LogP contribution in [0, 0.1) is 6.92 Å². The second-order valence-corrected chi connectivity index (χ2v) is 3.39. The number of hydrogen-bond donors (Lipinski definition) is 1. The lowest BCUT2D eigenvalue weighted by molar-refractivity contribution is 0.996. The fraction of sp³-hybridized carbons (Fsp3) is 0.167. The molecule has 2 aromatic rings. The highest BCUT2D eigenvalue weighted by molar-refractivity contribution is 5.35. The quantitative estimate of drug-likeness (QED) is 0.824. The molecule has 1 N–H and O–H groups in total. The molecule has 0 aliphatic carbocycles. The summed E-state index contributed by atoms with van der Waals surface area (Å²) < 4.78 is 0. The lowest BCUT2D eigenvalue weighted by atomic mass is 10.1. The third-order valence-corrected chi connectivity index (χ3v) is 2.29. The van der Waals surface area contributed by atoms with Crippen LogP contribution in [0.1, 0.15) is 11.1 Å². The molecule has 3 nitrogen and oxygen atoms in total. The molecule has 0 fully saturated rings. The third kappa shape index (κ3) is 2.53. The monoisotopic (exact) mass is 199 g/mol. The summed E-state index contributed by atoms with van der Waals surface area (Å²) in [5.74, 6) is 0.806. The number of nitrogens with zero attached hydrogens (tertiary/aromatic N) is 2. The Morgan fingerprint density at radius 2 is 2.00 bits per heavy atom. The van der Waals surface area contributed by atoms with Crippen molar-refractivity contribution in [2.45, 2.75) is 13.5 Å². The highest BCUT2D eigenvalue weighted by Crippen LogP contribution is 2.09. The number of hydrogen-bond acceptors (Lipinski definition) is 3. The van der Waals surface area contributed by atoms with Crippen LogP contribution in [0.2, 0.25) is 0 Å². The highest BCUT2D eigenvalue weighted by atomic mass is 15.2. The Morgan fingerprint density at radius 1 is 1.13 bits per heavy atom. The molecule has 0 saturated carbocycles. The standard InChI is InChI=1S/C12H13N3/c1-10-5-2-3-6-11(10)9-13-12-7-4-8-14-15-12/h2-8H,9H2,1H3,(H,13,15). The second kappa shape index (κ2) is 4.55. The first-order valence-corrected chi connectivity index (χ1v) is 4.92. The molecule has 1 aromatic carbocycles. The predicted molar refractivity (Wildman–Crippen MR) is 60.5 cm³/mol. The maximum atomic E-state index is 3.96. The Labute approximate surface area is 89.2 Å². The average molecular weight is 199 g/mol. The molecule has 0 unspecified atom stereocenters. The van der Waals surface area contributed by atoms with Gasteiger partial charge in [0, 0.05) is 12.7 Å². The molecule has 15 heavy (non-hydrogen) atoms. The van der Waals surface area contributed by atoms with Crippen molar-refractivity contribution in [2.75, 3.05) is 5.32 Å². The summed E-state index contributed by atoms with van der Waals surface area (Å²) in [5, 5.41) is 11.0. The molecule has 0 aliphatic heterocycles. The number of anilines is 1. The molecule has 1 aromatic heterocycles. The maximum Gasteiger partial charge on any atom is 0.148 e. The van der Waals surface area contributed by atoms with Gasteiger partial charge in [0.1, 0.15) is 5.82 Å². The molecule has 0 aliphatic rings. The number of nitrogens with one attached hydrogen (secondary N) is 1. The van der Waals surface area contributed by atoms with Gasteiger partial charge in [0.2, 0.25) is 0 Å². The van der Waals surface area contributed by atoms with Crippen LogP contribution in [0.15, 0.2) is 42.6 Å². The van der Waals surface area contributed by atoms with E-state index in [1.165, 1.54) is 11.1 Å². The van der Waals surface area contributed by atoms with Gasteiger partial charge in [0.25, 0.3) is 0 Å². The summed E-state index contributed by atoms with van der Waals surface area (Å²) in [6, 6.07) is 12.1. The van der Waals surface area contributed by atoms with E-state index in [0.29, 0.717) is 0 Å². The molecule has 76 valence electrons. The Bertz CT molecular complexity index is 426. The van der Waals surface area contributed by atoms with Crippen LogP contribution >= 0.6 is 0 Å². The lowest BCUT2D eigenvalue weighted by Crippen LogP contribution is -2.02. The van der Waals surface area contributed by atoms with Crippen molar-refractivity contribution in [2.24, 2.45) is 0 Å². The largest absolute Gasteiger partial charge is 0.364 e. The molecule has 3 heteroatoms. The Morgan fingerprint density at radius 3 is 2.73 bits per heavy atom. The van der Waals surface area contributed by atoms with Gasteiger partial charge in [-0.05, 0) is 30.2 Å². The first-order valence-electron chi connectivity index (χ1n) is 4.92. The molecule has 0 bridgehead atoms. The van der Waals surface area contributed by atoms with Crippen molar-refractivity contribution in [3.8, 4) is 0 Å². The van der Waals surface area contributed by atoms with Gasteiger partial charge in [-0.1, -0.05) is 24.3 Å². The van der Waals surface area contributed by atoms with Gasteiger partial charge >= 0.3 is 0 Å². The minimum atomic E-state index is 0.783. The van der Waals surface area contributed by atoms with Crippen LogP contribution < -0.4 is 5.32 Å². The molecule has 0 saturated heterocycles. The van der Waals surface area contributed by atoms with Crippen LogP contribution in [-0.4, -0.2) is 10.2 Å². The van der Waals surface area contributed by atoms with Crippen LogP contribution in [0.4, 0.5) is 5.82 Å². The zero-order chi connectivity index (χ0) is 10.5. The van der Waals surface area contributed by atoms with Crippen molar-refractivity contribution in [3.63, 3.8) is 0 Å². The van der Waals surface area contributed by atoms with Crippen LogP contribution in [-0.2, 0) is 6.54 Å². The summed E-state index contributed by atoms with van der Waals surface area (Å²) in [4.78, 5) is 0. The van der Waals surface area contributed by atoms with Crippen molar-refractivity contribution in [1.82, 2.24) is 10.2 Å². The van der Waals surface area contributed by atoms with E-state index in [2.05, 4.69) is 34.6 Å². The average Bonchev–Trinajstić information content (AvgIpc) is 2.29. The van der Waals surface area contributed by atoms with Crippen LogP contribution in [0.5, 0.6) is 0 Å². The van der Waals surface area contributed by atoms with E-state index in [9.17, 15) is 0 Å². The van der Waals surface area contributed by atoms with Gasteiger partial charge in [-0.2, -0.15) is 5.10 Å². The van der Waals surface area contributed by atoms with E-state index >= 15 is 0 Å². The molecular formula is C12H13N3. The fourth-order valence-electron chi connectivity index (χ4n) is 1.39. The Hall–Kier alpha value is -1.90. The molecule has 0 atom stereocenters. The zero-order valence-corrected chi connectivity index (χ0v) is 8.64. The Balaban J connectivity index is 2.03. The lowest BCUT2D eigenvalue weighted by Gasteiger charge is -2.06.